The van der Waals surface area contributed by atoms with E-state index in [0.717, 1.165) is 28.1 Å². The zero-order valence-electron chi connectivity index (χ0n) is 22.9. The van der Waals surface area contributed by atoms with Crippen LogP contribution in [-0.2, 0) is 42.1 Å². The van der Waals surface area contributed by atoms with Crippen LogP contribution in [0.25, 0.3) is 0 Å². The highest BCUT2D eigenvalue weighted by Gasteiger charge is 2.35. The van der Waals surface area contributed by atoms with E-state index in [0.29, 0.717) is 5.56 Å². The largest absolute Gasteiger partial charge is 0.486 e. The monoisotopic (exact) mass is 603 g/mol. The van der Waals surface area contributed by atoms with E-state index in [9.17, 15) is 22.4 Å². The van der Waals surface area contributed by atoms with Crippen molar-refractivity contribution in [1.82, 2.24) is 0 Å². The summed E-state index contributed by atoms with van der Waals surface area (Å²) in [5, 5.41) is -0.337. The number of sulfonamides is 1. The summed E-state index contributed by atoms with van der Waals surface area (Å²) in [5.74, 6) is -1.42. The van der Waals surface area contributed by atoms with Crippen LogP contribution in [0, 0.1) is 5.82 Å². The summed E-state index contributed by atoms with van der Waals surface area (Å²) in [6.07, 6.45) is -0.588. The Morgan fingerprint density at radius 2 is 1.76 bits per heavy atom. The third-order valence-electron chi connectivity index (χ3n) is 6.12. The molecule has 0 aliphatic carbocycles. The standard InChI is InChI=1S/C30H31ClFNO7S/c1-30(2,3)40-29(35)16-21-9-13-27-26(15-21)33(41(36,37)23-11-12-25(32)24(31)17-23)18-22(39-27)10-14-28(34)38-19-20-7-5-4-6-8-20/h4-9,11-13,15,17,22H,10,14,16,18-19H2,1-3H3/t22-/m0/s1. The Bertz CT molecular complexity index is 1520. The van der Waals surface area contributed by atoms with Gasteiger partial charge in [-0.1, -0.05) is 48.0 Å². The number of fused-ring (bicyclic) bond motifs is 1. The minimum Gasteiger partial charge on any atom is -0.486 e. The van der Waals surface area contributed by atoms with Gasteiger partial charge in [0.1, 0.15) is 29.9 Å². The van der Waals surface area contributed by atoms with Crippen LogP contribution in [-0.4, -0.2) is 38.6 Å². The second kappa shape index (κ2) is 12.5. The minimum absolute atomic E-state index is 0.000174. The maximum atomic E-state index is 13.8. The Kier molecular flexibility index (Phi) is 9.24. The average Bonchev–Trinajstić information content (AvgIpc) is 2.91. The van der Waals surface area contributed by atoms with E-state index in [1.54, 1.807) is 39.0 Å². The summed E-state index contributed by atoms with van der Waals surface area (Å²) < 4.78 is 59.3. The maximum Gasteiger partial charge on any atom is 0.310 e. The molecular weight excluding hydrogens is 573 g/mol. The van der Waals surface area contributed by atoms with Crippen LogP contribution in [0.2, 0.25) is 5.02 Å². The van der Waals surface area contributed by atoms with Gasteiger partial charge in [0, 0.05) is 6.42 Å². The van der Waals surface area contributed by atoms with E-state index in [2.05, 4.69) is 0 Å². The molecule has 0 saturated heterocycles. The summed E-state index contributed by atoms with van der Waals surface area (Å²) in [7, 11) is -4.24. The molecular formula is C30H31ClFNO7S. The van der Waals surface area contributed by atoms with Crippen LogP contribution in [0.3, 0.4) is 0 Å². The van der Waals surface area contributed by atoms with E-state index in [-0.39, 0.29) is 53.8 Å². The molecule has 0 saturated carbocycles. The van der Waals surface area contributed by atoms with Gasteiger partial charge in [-0.15, -0.1) is 0 Å². The van der Waals surface area contributed by atoms with Crippen molar-refractivity contribution in [1.29, 1.82) is 0 Å². The first-order valence-electron chi connectivity index (χ1n) is 13.0. The molecule has 0 amide bonds. The van der Waals surface area contributed by atoms with Gasteiger partial charge < -0.3 is 14.2 Å². The number of rotatable bonds is 9. The molecule has 11 heteroatoms. The predicted octanol–water partition coefficient (Wildman–Crippen LogP) is 5.84. The van der Waals surface area contributed by atoms with Crippen molar-refractivity contribution < 1.29 is 36.6 Å². The number of carbonyl (C=O) groups excluding carboxylic acids is 2. The lowest BCUT2D eigenvalue weighted by Crippen LogP contribution is -2.43. The number of benzene rings is 3. The normalized spacial score (nSPS) is 15.0. The summed E-state index contributed by atoms with van der Waals surface area (Å²) >= 11 is 5.90. The molecule has 0 aromatic heterocycles. The van der Waals surface area contributed by atoms with Crippen LogP contribution in [0.15, 0.2) is 71.6 Å². The van der Waals surface area contributed by atoms with Gasteiger partial charge in [0.25, 0.3) is 10.0 Å². The van der Waals surface area contributed by atoms with Crippen LogP contribution in [0.5, 0.6) is 5.75 Å². The lowest BCUT2D eigenvalue weighted by molar-refractivity contribution is -0.154. The molecule has 0 fully saturated rings. The lowest BCUT2D eigenvalue weighted by Gasteiger charge is -2.36. The van der Waals surface area contributed by atoms with Gasteiger partial charge in [0.15, 0.2) is 0 Å². The van der Waals surface area contributed by atoms with Crippen molar-refractivity contribution in [3.05, 3.63) is 88.7 Å². The molecule has 0 unspecified atom stereocenters. The van der Waals surface area contributed by atoms with E-state index in [1.807, 2.05) is 30.3 Å². The van der Waals surface area contributed by atoms with E-state index < -0.39 is 39.5 Å². The Morgan fingerprint density at radius 3 is 2.44 bits per heavy atom. The average molecular weight is 604 g/mol. The predicted molar refractivity (Wildman–Crippen MR) is 152 cm³/mol. The number of carbonyl (C=O) groups is 2. The Labute approximate surface area is 244 Å². The molecule has 41 heavy (non-hydrogen) atoms. The fourth-order valence-corrected chi connectivity index (χ4v) is 6.01. The van der Waals surface area contributed by atoms with Crippen LogP contribution in [0.1, 0.15) is 44.7 Å². The number of anilines is 1. The molecule has 0 spiro atoms. The maximum absolute atomic E-state index is 13.8. The highest BCUT2D eigenvalue weighted by Crippen LogP contribution is 2.39. The highest BCUT2D eigenvalue weighted by molar-refractivity contribution is 7.92. The Morgan fingerprint density at radius 1 is 1.02 bits per heavy atom. The van der Waals surface area contributed by atoms with Gasteiger partial charge in [-0.3, -0.25) is 13.9 Å². The van der Waals surface area contributed by atoms with Gasteiger partial charge in [-0.05, 0) is 68.7 Å². The van der Waals surface area contributed by atoms with Crippen molar-refractivity contribution in [2.45, 2.75) is 63.2 Å². The summed E-state index contributed by atoms with van der Waals surface area (Å²) in [6.45, 7) is 5.26. The third-order valence-corrected chi connectivity index (χ3v) is 8.18. The van der Waals surface area contributed by atoms with Gasteiger partial charge in [-0.2, -0.15) is 0 Å². The van der Waals surface area contributed by atoms with E-state index in [4.69, 9.17) is 25.8 Å². The fourth-order valence-electron chi connectivity index (χ4n) is 4.24. The van der Waals surface area contributed by atoms with Crippen molar-refractivity contribution in [3.63, 3.8) is 0 Å². The van der Waals surface area contributed by atoms with Gasteiger partial charge in [0.05, 0.1) is 28.6 Å². The number of hydrogen-bond acceptors (Lipinski definition) is 7. The molecule has 4 rings (SSSR count). The van der Waals surface area contributed by atoms with Gasteiger partial charge in [0.2, 0.25) is 0 Å². The first kappa shape index (κ1) is 30.3. The topological polar surface area (TPSA) is 99.2 Å². The molecule has 1 aliphatic rings. The molecule has 0 radical (unpaired) electrons. The third kappa shape index (κ3) is 7.98. The Hall–Kier alpha value is -3.63. The summed E-state index contributed by atoms with van der Waals surface area (Å²) in [5.41, 5.74) is 0.888. The summed E-state index contributed by atoms with van der Waals surface area (Å²) in [4.78, 5) is 24.6. The molecule has 0 bridgehead atoms. The zero-order chi connectivity index (χ0) is 29.8. The molecule has 1 atom stereocenters. The van der Waals surface area contributed by atoms with Crippen LogP contribution in [0.4, 0.5) is 10.1 Å². The lowest BCUT2D eigenvalue weighted by atomic mass is 10.1. The van der Waals surface area contributed by atoms with Crippen molar-refractivity contribution in [3.8, 4) is 5.75 Å². The summed E-state index contributed by atoms with van der Waals surface area (Å²) in [6, 6.07) is 17.2. The second-order valence-electron chi connectivity index (χ2n) is 10.6. The smallest absolute Gasteiger partial charge is 0.310 e. The molecule has 3 aromatic carbocycles. The van der Waals surface area contributed by atoms with Gasteiger partial charge >= 0.3 is 11.9 Å². The van der Waals surface area contributed by atoms with Crippen molar-refractivity contribution in [2.75, 3.05) is 10.8 Å². The molecule has 0 N–H and O–H groups in total. The Balaban J connectivity index is 1.56. The van der Waals surface area contributed by atoms with Crippen LogP contribution >= 0.6 is 11.6 Å². The first-order valence-corrected chi connectivity index (χ1v) is 14.8. The number of nitrogens with zero attached hydrogens (tertiary/aromatic N) is 1. The number of hydrogen-bond donors (Lipinski definition) is 0. The van der Waals surface area contributed by atoms with Gasteiger partial charge in [-0.25, -0.2) is 12.8 Å². The highest BCUT2D eigenvalue weighted by atomic mass is 35.5. The SMILES string of the molecule is CC(C)(C)OC(=O)Cc1ccc2c(c1)N(S(=O)(=O)c1ccc(F)c(Cl)c1)C[C@H](CCC(=O)OCc1ccccc1)O2. The fraction of sp³-hybridized carbons (Fsp3) is 0.333. The molecule has 8 nitrogen and oxygen atoms in total. The molecule has 3 aromatic rings. The van der Waals surface area contributed by atoms with Crippen molar-refractivity contribution in [2.24, 2.45) is 0 Å². The molecule has 218 valence electrons. The molecule has 1 aliphatic heterocycles. The minimum atomic E-state index is -4.24. The number of ether oxygens (including phenoxy) is 3. The first-order chi connectivity index (χ1) is 19.3. The van der Waals surface area contributed by atoms with Crippen molar-refractivity contribution >= 4 is 39.3 Å². The second-order valence-corrected chi connectivity index (χ2v) is 12.9. The zero-order valence-corrected chi connectivity index (χ0v) is 24.5. The number of halogens is 2. The van der Waals surface area contributed by atoms with Crippen LogP contribution < -0.4 is 9.04 Å². The van der Waals surface area contributed by atoms with E-state index in [1.165, 1.54) is 0 Å². The van der Waals surface area contributed by atoms with E-state index >= 15 is 0 Å². The number of esters is 2. The molecule has 1 heterocycles. The quantitative estimate of drug-likeness (QED) is 0.283.